The molecule has 0 saturated carbocycles. The molecule has 1 aromatic carbocycles. The van der Waals surface area contributed by atoms with Crippen molar-refractivity contribution in [2.75, 3.05) is 32.6 Å². The van der Waals surface area contributed by atoms with Gasteiger partial charge < -0.3 is 10.1 Å². The molecule has 1 aromatic heterocycles. The van der Waals surface area contributed by atoms with Crippen LogP contribution in [0.5, 0.6) is 0 Å². The van der Waals surface area contributed by atoms with Crippen LogP contribution in [0, 0.1) is 0 Å². The molecule has 3 rings (SSSR count). The van der Waals surface area contributed by atoms with Crippen LogP contribution in [0.3, 0.4) is 0 Å². The van der Waals surface area contributed by atoms with E-state index < -0.39 is 10.0 Å². The minimum Gasteiger partial charge on any atom is -0.379 e. The average molecular weight is 427 g/mol. The Bertz CT molecular complexity index is 890. The van der Waals surface area contributed by atoms with Gasteiger partial charge in [-0.25, -0.2) is 8.42 Å². The highest BCUT2D eigenvalue weighted by molar-refractivity contribution is 7.97. The lowest BCUT2D eigenvalue weighted by Gasteiger charge is -2.25. The first-order valence-electron chi connectivity index (χ1n) is 8.53. The topological polar surface area (TPSA) is 75.7 Å². The van der Waals surface area contributed by atoms with Crippen molar-refractivity contribution >= 4 is 39.0 Å². The molecule has 1 fully saturated rings. The lowest BCUT2D eigenvalue weighted by molar-refractivity contribution is 0.0731. The number of carbonyl (C=O) groups is 1. The summed E-state index contributed by atoms with van der Waals surface area (Å²) in [5.74, 6) is 0.693. The molecule has 1 aliphatic rings. The number of rotatable bonds is 7. The first kappa shape index (κ1) is 20.3. The predicted octanol–water partition coefficient (Wildman–Crippen LogP) is 2.56. The first-order chi connectivity index (χ1) is 13.0. The van der Waals surface area contributed by atoms with Gasteiger partial charge in [-0.05, 0) is 36.1 Å². The van der Waals surface area contributed by atoms with Gasteiger partial charge in [-0.15, -0.1) is 11.3 Å². The molecule has 9 heteroatoms. The van der Waals surface area contributed by atoms with Crippen LogP contribution in [0.4, 0.5) is 0 Å². The summed E-state index contributed by atoms with van der Waals surface area (Å²) in [6, 6.07) is 10.9. The van der Waals surface area contributed by atoms with E-state index >= 15 is 0 Å². The largest absolute Gasteiger partial charge is 0.379 e. The van der Waals surface area contributed by atoms with Crippen LogP contribution < -0.4 is 5.32 Å². The second-order valence-corrected chi connectivity index (χ2v) is 10.3. The maximum atomic E-state index is 12.7. The van der Waals surface area contributed by atoms with Crippen LogP contribution in [0.15, 0.2) is 40.6 Å². The Balaban J connectivity index is 1.62. The predicted molar refractivity (Wildman–Crippen MR) is 109 cm³/mol. The maximum absolute atomic E-state index is 12.7. The Morgan fingerprint density at radius 1 is 1.26 bits per heavy atom. The lowest BCUT2D eigenvalue weighted by Crippen LogP contribution is -2.40. The number of hydrogen-bond acceptors (Lipinski definition) is 6. The number of ether oxygens (including phenoxy) is 1. The van der Waals surface area contributed by atoms with Crippen LogP contribution in [0.2, 0.25) is 0 Å². The second kappa shape index (κ2) is 9.20. The van der Waals surface area contributed by atoms with E-state index in [4.69, 9.17) is 4.74 Å². The fourth-order valence-corrected chi connectivity index (χ4v) is 6.12. The van der Waals surface area contributed by atoms with Crippen molar-refractivity contribution in [1.29, 1.82) is 0 Å². The molecule has 0 spiro atoms. The third-order valence-corrected chi connectivity index (χ3v) is 8.20. The molecule has 1 amide bonds. The fraction of sp³-hybridized carbons (Fsp3) is 0.389. The van der Waals surface area contributed by atoms with Gasteiger partial charge >= 0.3 is 0 Å². The van der Waals surface area contributed by atoms with Gasteiger partial charge in [0.2, 0.25) is 0 Å². The summed E-state index contributed by atoms with van der Waals surface area (Å²) < 4.78 is 32.3. The van der Waals surface area contributed by atoms with Crippen molar-refractivity contribution in [2.45, 2.75) is 16.5 Å². The van der Waals surface area contributed by atoms with Crippen molar-refractivity contribution in [3.05, 3.63) is 52.4 Å². The standard InChI is InChI=1S/C18H22N2O4S3/c1-25-13-14-3-2-4-15(11-14)18(21)19-12-16-5-6-17(26-16)27(22,23)20-7-9-24-10-8-20/h2-6,11H,7-10,12-13H2,1H3,(H,19,21). The Labute approximate surface area is 168 Å². The quantitative estimate of drug-likeness (QED) is 0.736. The molecule has 6 nitrogen and oxygen atoms in total. The van der Waals surface area contributed by atoms with Crippen molar-refractivity contribution in [3.63, 3.8) is 0 Å². The van der Waals surface area contributed by atoms with Gasteiger partial charge in [0.25, 0.3) is 15.9 Å². The third-order valence-electron chi connectivity index (χ3n) is 4.12. The highest BCUT2D eigenvalue weighted by atomic mass is 32.2. The molecule has 1 saturated heterocycles. The van der Waals surface area contributed by atoms with Gasteiger partial charge in [0.05, 0.1) is 19.8 Å². The number of carbonyl (C=O) groups excluding carboxylic acids is 1. The van der Waals surface area contributed by atoms with Gasteiger partial charge in [0, 0.05) is 29.3 Å². The number of sulfonamides is 1. The number of nitrogens with one attached hydrogen (secondary N) is 1. The summed E-state index contributed by atoms with van der Waals surface area (Å²) in [6.07, 6.45) is 2.02. The van der Waals surface area contributed by atoms with E-state index in [1.807, 2.05) is 24.5 Å². The Morgan fingerprint density at radius 3 is 2.78 bits per heavy atom. The number of amides is 1. The molecule has 0 aliphatic carbocycles. The van der Waals surface area contributed by atoms with Gasteiger partial charge in [-0.3, -0.25) is 4.79 Å². The summed E-state index contributed by atoms with van der Waals surface area (Å²) in [4.78, 5) is 13.2. The Hall–Kier alpha value is -1.39. The Kier molecular flexibility index (Phi) is 6.93. The highest BCUT2D eigenvalue weighted by Gasteiger charge is 2.27. The van der Waals surface area contributed by atoms with Gasteiger partial charge in [-0.2, -0.15) is 16.1 Å². The average Bonchev–Trinajstić information content (AvgIpc) is 3.17. The fourth-order valence-electron chi connectivity index (χ4n) is 2.74. The zero-order valence-corrected chi connectivity index (χ0v) is 17.5. The zero-order chi connectivity index (χ0) is 19.3. The minimum atomic E-state index is -3.49. The Morgan fingerprint density at radius 2 is 2.04 bits per heavy atom. The summed E-state index contributed by atoms with van der Waals surface area (Å²) in [5, 5.41) is 2.87. The molecule has 0 bridgehead atoms. The monoisotopic (exact) mass is 426 g/mol. The molecule has 0 unspecified atom stereocenters. The number of thioether (sulfide) groups is 1. The van der Waals surface area contributed by atoms with E-state index in [2.05, 4.69) is 5.32 Å². The summed E-state index contributed by atoms with van der Waals surface area (Å²) in [5.41, 5.74) is 1.71. The number of thiophene rings is 1. The number of nitrogens with zero attached hydrogens (tertiary/aromatic N) is 1. The van der Waals surface area contributed by atoms with E-state index in [1.54, 1.807) is 30.0 Å². The molecule has 1 N–H and O–H groups in total. The zero-order valence-electron chi connectivity index (χ0n) is 15.0. The minimum absolute atomic E-state index is 0.163. The molecular weight excluding hydrogens is 404 g/mol. The second-order valence-electron chi connectivity index (χ2n) is 6.05. The smallest absolute Gasteiger partial charge is 0.252 e. The van der Waals surface area contributed by atoms with Crippen LogP contribution in [-0.4, -0.2) is 51.2 Å². The van der Waals surface area contributed by atoms with Crippen molar-refractivity contribution in [1.82, 2.24) is 9.62 Å². The van der Waals surface area contributed by atoms with Crippen LogP contribution in [0.25, 0.3) is 0 Å². The molecule has 1 aliphatic heterocycles. The van der Waals surface area contributed by atoms with Gasteiger partial charge in [-0.1, -0.05) is 12.1 Å². The van der Waals surface area contributed by atoms with Gasteiger partial charge in [0.15, 0.2) is 0 Å². The number of morpholine rings is 1. The molecule has 2 aromatic rings. The van der Waals surface area contributed by atoms with E-state index in [0.29, 0.717) is 42.6 Å². The molecule has 0 radical (unpaired) electrons. The van der Waals surface area contributed by atoms with E-state index in [-0.39, 0.29) is 5.91 Å². The number of hydrogen-bond donors (Lipinski definition) is 1. The van der Waals surface area contributed by atoms with Crippen molar-refractivity contribution < 1.29 is 17.9 Å². The molecular formula is C18H22N2O4S3. The molecule has 0 atom stereocenters. The maximum Gasteiger partial charge on any atom is 0.252 e. The number of benzene rings is 1. The normalized spacial score (nSPS) is 15.6. The van der Waals surface area contributed by atoms with Crippen LogP contribution in [-0.2, 0) is 27.1 Å². The third kappa shape index (κ3) is 5.11. The first-order valence-corrected chi connectivity index (χ1v) is 12.2. The van der Waals surface area contributed by atoms with Crippen molar-refractivity contribution in [3.8, 4) is 0 Å². The van der Waals surface area contributed by atoms with E-state index in [9.17, 15) is 13.2 Å². The summed E-state index contributed by atoms with van der Waals surface area (Å²) in [7, 11) is -3.49. The summed E-state index contributed by atoms with van der Waals surface area (Å²) >= 11 is 2.90. The van der Waals surface area contributed by atoms with Crippen molar-refractivity contribution in [2.24, 2.45) is 0 Å². The van der Waals surface area contributed by atoms with E-state index in [0.717, 1.165) is 16.2 Å². The summed E-state index contributed by atoms with van der Waals surface area (Å²) in [6.45, 7) is 1.89. The van der Waals surface area contributed by atoms with Crippen LogP contribution >= 0.6 is 23.1 Å². The molecule has 27 heavy (non-hydrogen) atoms. The van der Waals surface area contributed by atoms with Crippen LogP contribution in [0.1, 0.15) is 20.8 Å². The van der Waals surface area contributed by atoms with E-state index in [1.165, 1.54) is 15.6 Å². The van der Waals surface area contributed by atoms with Gasteiger partial charge in [0.1, 0.15) is 4.21 Å². The lowest BCUT2D eigenvalue weighted by atomic mass is 10.1. The molecule has 146 valence electrons. The highest BCUT2D eigenvalue weighted by Crippen LogP contribution is 2.25. The SMILES string of the molecule is CSCc1cccc(C(=O)NCc2ccc(S(=O)(=O)N3CCOCC3)s2)c1. The molecule has 2 heterocycles.